The molecular formula is C21H22ClN3O3S2. The Hall–Kier alpha value is -2.03. The first-order valence-electron chi connectivity index (χ1n) is 9.51. The SMILES string of the molecule is CN(C)c1ccc(N2C(=NC(=O)Cc3ccc(Cl)cc3)S[C@H]3CS(=O)(=O)C[C@H]32)cc1. The molecule has 2 aromatic rings. The van der Waals surface area contributed by atoms with Gasteiger partial charge in [0.05, 0.1) is 24.0 Å². The number of hydrogen-bond donors (Lipinski definition) is 0. The minimum Gasteiger partial charge on any atom is -0.378 e. The number of hydrogen-bond acceptors (Lipinski definition) is 5. The predicted molar refractivity (Wildman–Crippen MR) is 125 cm³/mol. The summed E-state index contributed by atoms with van der Waals surface area (Å²) in [7, 11) is 0.826. The van der Waals surface area contributed by atoms with Crippen molar-refractivity contribution >= 4 is 55.6 Å². The average Bonchev–Trinajstić information content (AvgIpc) is 3.14. The second-order valence-corrected chi connectivity index (χ2v) is 11.5. The maximum atomic E-state index is 12.6. The molecule has 2 aromatic carbocycles. The number of anilines is 2. The van der Waals surface area contributed by atoms with E-state index in [2.05, 4.69) is 4.99 Å². The zero-order chi connectivity index (χ0) is 21.5. The third kappa shape index (κ3) is 4.50. The third-order valence-electron chi connectivity index (χ3n) is 5.20. The number of sulfone groups is 1. The molecule has 2 heterocycles. The van der Waals surface area contributed by atoms with Crippen LogP contribution >= 0.6 is 23.4 Å². The number of aliphatic imine (C=N–C) groups is 1. The van der Waals surface area contributed by atoms with Gasteiger partial charge in [0.1, 0.15) is 0 Å². The van der Waals surface area contributed by atoms with Crippen LogP contribution in [0.2, 0.25) is 5.02 Å². The molecule has 2 fully saturated rings. The molecule has 0 N–H and O–H groups in total. The van der Waals surface area contributed by atoms with E-state index in [-0.39, 0.29) is 35.1 Å². The molecular weight excluding hydrogens is 442 g/mol. The number of halogens is 1. The van der Waals surface area contributed by atoms with Gasteiger partial charge < -0.3 is 9.80 Å². The van der Waals surface area contributed by atoms with Crippen molar-refractivity contribution in [2.45, 2.75) is 17.7 Å². The van der Waals surface area contributed by atoms with Gasteiger partial charge in [-0.3, -0.25) is 4.79 Å². The number of amidine groups is 1. The number of nitrogens with zero attached hydrogens (tertiary/aromatic N) is 3. The number of thioether (sulfide) groups is 1. The quantitative estimate of drug-likeness (QED) is 0.693. The van der Waals surface area contributed by atoms with Gasteiger partial charge in [0.25, 0.3) is 5.91 Å². The lowest BCUT2D eigenvalue weighted by atomic mass is 10.1. The molecule has 1 amide bonds. The summed E-state index contributed by atoms with van der Waals surface area (Å²) < 4.78 is 24.4. The Morgan fingerprint density at radius 3 is 2.43 bits per heavy atom. The molecule has 0 bridgehead atoms. The maximum absolute atomic E-state index is 12.6. The lowest BCUT2D eigenvalue weighted by Gasteiger charge is -2.25. The Balaban J connectivity index is 1.62. The minimum absolute atomic E-state index is 0.0739. The van der Waals surface area contributed by atoms with E-state index in [1.54, 1.807) is 24.3 Å². The van der Waals surface area contributed by atoms with Gasteiger partial charge in [0.15, 0.2) is 15.0 Å². The van der Waals surface area contributed by atoms with Gasteiger partial charge in [-0.25, -0.2) is 8.42 Å². The molecule has 2 aliphatic heterocycles. The standard InChI is InChI=1S/C21H22ClN3O3S2/c1-24(2)16-7-9-17(10-8-16)25-18-12-30(27,28)13-19(18)29-21(25)23-20(26)11-14-3-5-15(22)6-4-14/h3-10,18-19H,11-13H2,1-2H3/t18-,19+/m1/s1. The third-order valence-corrected chi connectivity index (χ3v) is 8.66. The first-order valence-corrected chi connectivity index (χ1v) is 12.6. The monoisotopic (exact) mass is 463 g/mol. The topological polar surface area (TPSA) is 70.0 Å². The average molecular weight is 464 g/mol. The van der Waals surface area contributed by atoms with Crippen LogP contribution in [0.25, 0.3) is 0 Å². The van der Waals surface area contributed by atoms with Crippen LogP contribution in [0.1, 0.15) is 5.56 Å². The highest BCUT2D eigenvalue weighted by Crippen LogP contribution is 2.41. The number of amides is 1. The number of carbonyl (C=O) groups is 1. The van der Waals surface area contributed by atoms with Crippen molar-refractivity contribution < 1.29 is 13.2 Å². The highest BCUT2D eigenvalue weighted by molar-refractivity contribution is 8.16. The summed E-state index contributed by atoms with van der Waals surface area (Å²) in [6.45, 7) is 0. The van der Waals surface area contributed by atoms with Crippen molar-refractivity contribution in [2.24, 2.45) is 4.99 Å². The Morgan fingerprint density at radius 1 is 1.13 bits per heavy atom. The van der Waals surface area contributed by atoms with E-state index in [0.29, 0.717) is 10.2 Å². The van der Waals surface area contributed by atoms with Crippen molar-refractivity contribution in [3.8, 4) is 0 Å². The van der Waals surface area contributed by atoms with Crippen molar-refractivity contribution in [3.63, 3.8) is 0 Å². The first-order chi connectivity index (χ1) is 14.2. The lowest BCUT2D eigenvalue weighted by Crippen LogP contribution is -2.37. The van der Waals surface area contributed by atoms with Crippen molar-refractivity contribution in [1.82, 2.24) is 0 Å². The Kier molecular flexibility index (Phi) is 5.83. The summed E-state index contributed by atoms with van der Waals surface area (Å²) in [6.07, 6.45) is 0.169. The van der Waals surface area contributed by atoms with E-state index < -0.39 is 9.84 Å². The van der Waals surface area contributed by atoms with Crippen LogP contribution in [-0.4, -0.2) is 56.4 Å². The van der Waals surface area contributed by atoms with Gasteiger partial charge in [-0.1, -0.05) is 35.5 Å². The van der Waals surface area contributed by atoms with E-state index in [0.717, 1.165) is 16.9 Å². The number of rotatable bonds is 4. The van der Waals surface area contributed by atoms with Crippen molar-refractivity contribution in [1.29, 1.82) is 0 Å². The van der Waals surface area contributed by atoms with Gasteiger partial charge in [0, 0.05) is 35.7 Å². The van der Waals surface area contributed by atoms with E-state index in [1.807, 2.05) is 48.2 Å². The van der Waals surface area contributed by atoms with Gasteiger partial charge in [-0.2, -0.15) is 4.99 Å². The molecule has 0 spiro atoms. The summed E-state index contributed by atoms with van der Waals surface area (Å²) in [6, 6.07) is 14.7. The number of carbonyl (C=O) groups excluding carboxylic acids is 1. The number of benzene rings is 2. The van der Waals surface area contributed by atoms with E-state index in [9.17, 15) is 13.2 Å². The zero-order valence-electron chi connectivity index (χ0n) is 16.7. The maximum Gasteiger partial charge on any atom is 0.252 e. The molecule has 0 saturated carbocycles. The van der Waals surface area contributed by atoms with Gasteiger partial charge in [-0.05, 0) is 42.0 Å². The van der Waals surface area contributed by atoms with E-state index in [1.165, 1.54) is 11.8 Å². The molecule has 158 valence electrons. The predicted octanol–water partition coefficient (Wildman–Crippen LogP) is 3.25. The molecule has 0 aliphatic carbocycles. The highest BCUT2D eigenvalue weighted by Gasteiger charge is 2.49. The second-order valence-electron chi connectivity index (χ2n) is 7.67. The van der Waals surface area contributed by atoms with E-state index in [4.69, 9.17) is 11.6 Å². The molecule has 0 aromatic heterocycles. The van der Waals surface area contributed by atoms with Gasteiger partial charge in [0.2, 0.25) is 0 Å². The fourth-order valence-electron chi connectivity index (χ4n) is 3.70. The largest absolute Gasteiger partial charge is 0.378 e. The molecule has 30 heavy (non-hydrogen) atoms. The molecule has 0 unspecified atom stereocenters. The van der Waals surface area contributed by atoms with Crippen LogP contribution < -0.4 is 9.80 Å². The minimum atomic E-state index is -3.10. The van der Waals surface area contributed by atoms with E-state index >= 15 is 0 Å². The molecule has 9 heteroatoms. The summed E-state index contributed by atoms with van der Waals surface area (Å²) >= 11 is 7.29. The Bertz CT molecular complexity index is 1080. The van der Waals surface area contributed by atoms with Crippen LogP contribution in [0.5, 0.6) is 0 Å². The zero-order valence-corrected chi connectivity index (χ0v) is 19.0. The molecule has 2 aliphatic rings. The first kappa shape index (κ1) is 21.2. The summed E-state index contributed by atoms with van der Waals surface area (Å²) in [5.41, 5.74) is 2.72. The van der Waals surface area contributed by atoms with Crippen LogP contribution in [0.4, 0.5) is 11.4 Å². The van der Waals surface area contributed by atoms with Crippen LogP contribution in [0.3, 0.4) is 0 Å². The highest BCUT2D eigenvalue weighted by atomic mass is 35.5. The van der Waals surface area contributed by atoms with Crippen LogP contribution in [0.15, 0.2) is 53.5 Å². The second kappa shape index (κ2) is 8.24. The smallest absolute Gasteiger partial charge is 0.252 e. The molecule has 6 nitrogen and oxygen atoms in total. The molecule has 2 atom stereocenters. The fourth-order valence-corrected chi connectivity index (χ4v) is 7.76. The summed E-state index contributed by atoms with van der Waals surface area (Å²) in [5.74, 6) is -0.0821. The fraction of sp³-hybridized carbons (Fsp3) is 0.333. The molecule has 2 saturated heterocycles. The van der Waals surface area contributed by atoms with Crippen LogP contribution in [0, 0.1) is 0 Å². The van der Waals surface area contributed by atoms with Gasteiger partial charge in [-0.15, -0.1) is 0 Å². The van der Waals surface area contributed by atoms with Gasteiger partial charge >= 0.3 is 0 Å². The molecule has 4 rings (SSSR count). The Morgan fingerprint density at radius 2 is 1.80 bits per heavy atom. The summed E-state index contributed by atoms with van der Waals surface area (Å²) in [4.78, 5) is 20.9. The Labute approximate surface area is 185 Å². The summed E-state index contributed by atoms with van der Waals surface area (Å²) in [5, 5.41) is 1.06. The molecule has 0 radical (unpaired) electrons. The van der Waals surface area contributed by atoms with Crippen molar-refractivity contribution in [3.05, 3.63) is 59.1 Å². The normalized spacial score (nSPS) is 23.6. The van der Waals surface area contributed by atoms with Crippen molar-refractivity contribution in [2.75, 3.05) is 35.4 Å². The lowest BCUT2D eigenvalue weighted by molar-refractivity contribution is -0.117. The van der Waals surface area contributed by atoms with Crippen LogP contribution in [-0.2, 0) is 21.1 Å². The number of fused-ring (bicyclic) bond motifs is 1.